The van der Waals surface area contributed by atoms with Crippen molar-refractivity contribution in [2.45, 2.75) is 63.6 Å². The van der Waals surface area contributed by atoms with Crippen LogP contribution in [-0.2, 0) is 4.79 Å². The molecule has 1 amide bonds. The Morgan fingerprint density at radius 2 is 1.91 bits per heavy atom. The van der Waals surface area contributed by atoms with Gasteiger partial charge in [0, 0.05) is 53.7 Å². The van der Waals surface area contributed by atoms with Crippen molar-refractivity contribution >= 4 is 35.2 Å². The van der Waals surface area contributed by atoms with Crippen molar-refractivity contribution in [1.29, 1.82) is 5.41 Å². The summed E-state index contributed by atoms with van der Waals surface area (Å²) < 4.78 is 0. The number of aliphatic imine (C=N–C) groups is 1. The van der Waals surface area contributed by atoms with Gasteiger partial charge in [-0.3, -0.25) is 10.2 Å². The van der Waals surface area contributed by atoms with Crippen LogP contribution in [0.4, 0.5) is 5.69 Å². The van der Waals surface area contributed by atoms with Gasteiger partial charge in [-0.25, -0.2) is 0 Å². The molecule has 0 radical (unpaired) electrons. The molecule has 6 N–H and O–H groups in total. The molecule has 0 aliphatic heterocycles. The topological polar surface area (TPSA) is 115 Å². The number of hydrogen-bond acceptors (Lipinski definition) is 5. The Morgan fingerprint density at radius 3 is 2.50 bits per heavy atom. The van der Waals surface area contributed by atoms with Gasteiger partial charge in [0.15, 0.2) is 0 Å². The second-order valence-electron chi connectivity index (χ2n) is 9.42. The number of carbonyl (C=O) groups is 1. The van der Waals surface area contributed by atoms with E-state index in [4.69, 9.17) is 22.7 Å². The van der Waals surface area contributed by atoms with Crippen LogP contribution >= 0.6 is 11.6 Å². The van der Waals surface area contributed by atoms with E-state index >= 15 is 0 Å². The highest BCUT2D eigenvalue weighted by atomic mass is 35.5. The highest BCUT2D eigenvalue weighted by Crippen LogP contribution is 2.40. The lowest BCUT2D eigenvalue weighted by Gasteiger charge is -2.39. The summed E-state index contributed by atoms with van der Waals surface area (Å²) in [6.45, 7) is 4.61. The molecular weight excluding hydrogens is 424 g/mol. The molecule has 8 heteroatoms. The lowest BCUT2D eigenvalue weighted by molar-refractivity contribution is -0.114. The van der Waals surface area contributed by atoms with E-state index in [9.17, 15) is 4.79 Å². The molecule has 2 saturated carbocycles. The third kappa shape index (κ3) is 6.56. The molecule has 174 valence electrons. The summed E-state index contributed by atoms with van der Waals surface area (Å²) in [6, 6.07) is 7.49. The van der Waals surface area contributed by atoms with E-state index in [1.807, 2.05) is 6.21 Å². The molecule has 0 bridgehead atoms. The van der Waals surface area contributed by atoms with E-state index < -0.39 is 5.91 Å². The number of nitrogens with zero attached hydrogens (tertiary/aromatic N) is 1. The first-order valence-corrected chi connectivity index (χ1v) is 11.6. The number of primary amides is 1. The summed E-state index contributed by atoms with van der Waals surface area (Å²) in [5.74, 6) is 0.280. The van der Waals surface area contributed by atoms with Gasteiger partial charge in [0.05, 0.1) is 5.57 Å². The largest absolute Gasteiger partial charge is 0.387 e. The Labute approximate surface area is 195 Å². The minimum atomic E-state index is -0.661. The van der Waals surface area contributed by atoms with Crippen LogP contribution in [0.15, 0.2) is 41.0 Å². The average molecular weight is 459 g/mol. The second kappa shape index (κ2) is 10.5. The van der Waals surface area contributed by atoms with Crippen LogP contribution in [0.1, 0.15) is 46.0 Å². The molecule has 7 nitrogen and oxygen atoms in total. The van der Waals surface area contributed by atoms with E-state index in [-0.39, 0.29) is 28.9 Å². The minimum Gasteiger partial charge on any atom is -0.387 e. The number of rotatable bonds is 9. The third-order valence-corrected chi connectivity index (χ3v) is 6.76. The summed E-state index contributed by atoms with van der Waals surface area (Å²) in [5, 5.41) is 19.0. The van der Waals surface area contributed by atoms with Crippen molar-refractivity contribution in [3.8, 4) is 0 Å². The molecule has 1 aromatic rings. The Kier molecular flexibility index (Phi) is 7.96. The fourth-order valence-corrected chi connectivity index (χ4v) is 4.68. The first-order chi connectivity index (χ1) is 15.2. The van der Waals surface area contributed by atoms with Gasteiger partial charge in [-0.1, -0.05) is 11.6 Å². The number of carbonyl (C=O) groups excluding carboxylic acids is 1. The lowest BCUT2D eigenvalue weighted by Crippen LogP contribution is -2.52. The summed E-state index contributed by atoms with van der Waals surface area (Å²) >= 11 is 5.91. The van der Waals surface area contributed by atoms with E-state index in [0.29, 0.717) is 16.8 Å². The third-order valence-electron chi connectivity index (χ3n) is 6.50. The molecule has 0 saturated heterocycles. The maximum atomic E-state index is 12.0. The SMILES string of the molecule is C/N=C\[C@H]1CC(NC(C)(C)C2CC2)CCC1N/C=C(\C(=N)Nc1ccc(Cl)cc1)C(N)=O. The smallest absolute Gasteiger partial charge is 0.253 e. The van der Waals surface area contributed by atoms with Crippen LogP contribution in [0, 0.1) is 17.2 Å². The molecule has 3 rings (SSSR count). The van der Waals surface area contributed by atoms with Crippen LogP contribution in [0.5, 0.6) is 0 Å². The monoisotopic (exact) mass is 458 g/mol. The summed E-state index contributed by atoms with van der Waals surface area (Å²) in [4.78, 5) is 16.3. The van der Waals surface area contributed by atoms with E-state index in [1.54, 1.807) is 37.5 Å². The van der Waals surface area contributed by atoms with Crippen LogP contribution < -0.4 is 21.7 Å². The maximum Gasteiger partial charge on any atom is 0.253 e. The number of hydrogen-bond donors (Lipinski definition) is 5. The molecule has 2 aliphatic rings. The van der Waals surface area contributed by atoms with E-state index in [1.165, 1.54) is 12.8 Å². The molecule has 32 heavy (non-hydrogen) atoms. The first-order valence-electron chi connectivity index (χ1n) is 11.3. The van der Waals surface area contributed by atoms with Crippen molar-refractivity contribution in [2.75, 3.05) is 12.4 Å². The quantitative estimate of drug-likeness (QED) is 0.220. The summed E-state index contributed by atoms with van der Waals surface area (Å²) in [5.41, 5.74) is 6.49. The molecule has 3 atom stereocenters. The van der Waals surface area contributed by atoms with Gasteiger partial charge in [0.25, 0.3) is 5.91 Å². The van der Waals surface area contributed by atoms with E-state index in [2.05, 4.69) is 34.8 Å². The zero-order valence-corrected chi connectivity index (χ0v) is 19.9. The second-order valence-corrected chi connectivity index (χ2v) is 9.86. The van der Waals surface area contributed by atoms with Gasteiger partial charge in [0.2, 0.25) is 0 Å². The van der Waals surface area contributed by atoms with E-state index in [0.717, 1.165) is 25.2 Å². The number of nitrogens with two attached hydrogens (primary N) is 1. The van der Waals surface area contributed by atoms with Gasteiger partial charge in [0.1, 0.15) is 5.84 Å². The molecule has 2 unspecified atom stereocenters. The van der Waals surface area contributed by atoms with Crippen LogP contribution in [-0.4, -0.2) is 42.6 Å². The predicted octanol–water partition coefficient (Wildman–Crippen LogP) is 3.70. The molecule has 2 aliphatic carbocycles. The number of nitrogens with one attached hydrogen (secondary N) is 4. The van der Waals surface area contributed by atoms with Crippen molar-refractivity contribution in [3.05, 3.63) is 41.1 Å². The maximum absolute atomic E-state index is 12.0. The zero-order valence-electron chi connectivity index (χ0n) is 19.1. The summed E-state index contributed by atoms with van der Waals surface area (Å²) in [7, 11) is 1.79. The van der Waals surface area contributed by atoms with Crippen molar-refractivity contribution < 1.29 is 4.79 Å². The molecular formula is C24H35ClN6O. The van der Waals surface area contributed by atoms with Crippen molar-refractivity contribution in [1.82, 2.24) is 10.6 Å². The molecule has 1 aromatic carbocycles. The highest BCUT2D eigenvalue weighted by molar-refractivity contribution is 6.30. The molecule has 0 spiro atoms. The minimum absolute atomic E-state index is 0.0606. The van der Waals surface area contributed by atoms with Crippen molar-refractivity contribution in [2.24, 2.45) is 22.6 Å². The lowest BCUT2D eigenvalue weighted by atomic mass is 9.80. The van der Waals surface area contributed by atoms with Crippen LogP contribution in [0.25, 0.3) is 0 Å². The Balaban J connectivity index is 1.64. The number of anilines is 1. The molecule has 2 fully saturated rings. The first kappa shape index (κ1) is 24.3. The molecule has 0 aromatic heterocycles. The van der Waals surface area contributed by atoms with Gasteiger partial charge >= 0.3 is 0 Å². The van der Waals surface area contributed by atoms with Crippen LogP contribution in [0.2, 0.25) is 5.02 Å². The number of halogens is 1. The van der Waals surface area contributed by atoms with Gasteiger partial charge in [-0.15, -0.1) is 0 Å². The normalized spacial score (nSPS) is 24.4. The average Bonchev–Trinajstić information content (AvgIpc) is 3.57. The standard InChI is InChI=1S/C24H35ClN6O/c1-24(2,16-4-5-16)31-19-10-11-21(15(12-19)13-28-3)29-14-20(23(27)32)22(26)30-18-8-6-17(25)7-9-18/h6-9,13-16,19,21,29,31H,4-5,10-12H2,1-3H3,(H2,26,30)(H2,27,32)/b20-14+,28-13-/t15-,19?,21?/m1/s1. The predicted molar refractivity (Wildman–Crippen MR) is 132 cm³/mol. The van der Waals surface area contributed by atoms with Crippen molar-refractivity contribution in [3.63, 3.8) is 0 Å². The fourth-order valence-electron chi connectivity index (χ4n) is 4.55. The highest BCUT2D eigenvalue weighted by Gasteiger charge is 2.40. The zero-order chi connectivity index (χ0) is 23.3. The Morgan fingerprint density at radius 1 is 1.22 bits per heavy atom. The fraction of sp³-hybridized carbons (Fsp3) is 0.542. The number of amidine groups is 1. The summed E-state index contributed by atoms with van der Waals surface area (Å²) in [6.07, 6.45) is 9.14. The van der Waals surface area contributed by atoms with Gasteiger partial charge in [-0.2, -0.15) is 0 Å². The molecule has 0 heterocycles. The van der Waals surface area contributed by atoms with Gasteiger partial charge < -0.3 is 26.7 Å². The Bertz CT molecular complexity index is 875. The van der Waals surface area contributed by atoms with Crippen LogP contribution in [0.3, 0.4) is 0 Å². The van der Waals surface area contributed by atoms with Gasteiger partial charge in [-0.05, 0) is 76.1 Å². The number of amides is 1. The Hall–Kier alpha value is -2.38. The number of benzene rings is 1.